The molecule has 1 saturated heterocycles. The van der Waals surface area contributed by atoms with E-state index in [0.717, 1.165) is 0 Å². The van der Waals surface area contributed by atoms with Gasteiger partial charge in [0.2, 0.25) is 0 Å². The van der Waals surface area contributed by atoms with E-state index in [9.17, 15) is 10.2 Å². The van der Waals surface area contributed by atoms with Gasteiger partial charge in [-0.3, -0.25) is 0 Å². The van der Waals surface area contributed by atoms with Gasteiger partial charge in [0.15, 0.2) is 6.29 Å². The fourth-order valence-corrected chi connectivity index (χ4v) is 0.969. The zero-order valence-corrected chi connectivity index (χ0v) is 5.84. The van der Waals surface area contributed by atoms with Crippen LogP contribution in [-0.4, -0.2) is 51.1 Å². The molecule has 1 rings (SSSR count). The molecule has 1 heterocycles. The lowest BCUT2D eigenvalue weighted by atomic mass is 9.98. The van der Waals surface area contributed by atoms with Crippen molar-refractivity contribution < 1.29 is 26.5 Å². The number of hydrogen-bond donors (Lipinski definition) is 4. The maximum absolute atomic E-state index is 9.41. The lowest BCUT2D eigenvalue weighted by molar-refractivity contribution is -0.169. The fourth-order valence-electron chi connectivity index (χ4n) is 0.969. The molecule has 0 aromatic carbocycles. The fraction of sp³-hybridized carbons (Fsp3) is 1.00. The molecule has 0 amide bonds. The predicted octanol–water partition coefficient (Wildman–Crippen LogP) is -2.19. The Bertz CT molecular complexity index is 166. The van der Waals surface area contributed by atoms with E-state index in [1.165, 1.54) is 0 Å². The molecule has 66 valence electrons. The van der Waals surface area contributed by atoms with Gasteiger partial charge in [0, 0.05) is 1.37 Å². The van der Waals surface area contributed by atoms with Crippen LogP contribution in [-0.2, 0) is 4.74 Å². The summed E-state index contributed by atoms with van der Waals surface area (Å²) < 4.78 is 11.5. The quantitative estimate of drug-likeness (QED) is 0.354. The zero-order valence-electron chi connectivity index (χ0n) is 6.84. The molecule has 4 atom stereocenters. The largest absolute Gasteiger partial charge is 0.394 e. The van der Waals surface area contributed by atoms with Crippen molar-refractivity contribution in [1.82, 2.24) is 0 Å². The third-order valence-corrected chi connectivity index (χ3v) is 1.78. The number of rotatable bonds is 1. The van der Waals surface area contributed by atoms with E-state index in [-0.39, 0.29) is 0 Å². The highest BCUT2D eigenvalue weighted by molar-refractivity contribution is 4.95. The molecular formula is C6H12O5. The first-order chi connectivity index (χ1) is 5.56. The van der Waals surface area contributed by atoms with E-state index < -0.39 is 37.6 Å². The highest BCUT2D eigenvalue weighted by atomic mass is 16.7. The number of aliphatic hydroxyl groups is 4. The molecule has 11 heavy (non-hydrogen) atoms. The second kappa shape index (κ2) is 2.69. The molecule has 4 N–H and O–H groups in total. The van der Waals surface area contributed by atoms with Crippen LogP contribution in [0.4, 0.5) is 0 Å². The summed E-state index contributed by atoms with van der Waals surface area (Å²) in [7, 11) is 0. The molecule has 1 aliphatic rings. The molecule has 0 saturated carbocycles. The molecule has 0 spiro atoms. The summed E-state index contributed by atoms with van der Waals surface area (Å²) in [4.78, 5) is 0. The molecule has 0 aromatic heterocycles. The highest BCUT2D eigenvalue weighted by Gasteiger charge is 2.51. The number of aliphatic hydroxyl groups excluding tert-OH is 3. The average molecular weight is 165 g/mol. The van der Waals surface area contributed by atoms with Gasteiger partial charge in [-0.05, 0) is 6.90 Å². The molecule has 0 aromatic rings. The molecule has 5 heteroatoms. The van der Waals surface area contributed by atoms with E-state index in [0.29, 0.717) is 0 Å². The normalized spacial score (nSPS) is 52.7. The van der Waals surface area contributed by atoms with Crippen LogP contribution in [0, 0.1) is 0 Å². The van der Waals surface area contributed by atoms with Gasteiger partial charge in [-0.15, -0.1) is 0 Å². The van der Waals surface area contributed by atoms with Gasteiger partial charge in [-0.1, -0.05) is 0 Å². The first-order valence-corrected chi connectivity index (χ1v) is 3.20. The Hall–Kier alpha value is -0.200. The SMILES string of the molecule is [2H]C[C@]1(O)C(O)O[C@H](CO)[C@H]1O. The third kappa shape index (κ3) is 1.25. The van der Waals surface area contributed by atoms with E-state index >= 15 is 0 Å². The Morgan fingerprint density at radius 1 is 1.64 bits per heavy atom. The summed E-state index contributed by atoms with van der Waals surface area (Å²) in [5, 5.41) is 36.3. The van der Waals surface area contributed by atoms with Crippen molar-refractivity contribution in [1.29, 1.82) is 0 Å². The third-order valence-electron chi connectivity index (χ3n) is 1.78. The molecule has 0 aliphatic carbocycles. The topological polar surface area (TPSA) is 90.2 Å². The Morgan fingerprint density at radius 2 is 2.27 bits per heavy atom. The second-order valence-electron chi connectivity index (χ2n) is 2.65. The van der Waals surface area contributed by atoms with Crippen molar-refractivity contribution >= 4 is 0 Å². The van der Waals surface area contributed by atoms with Crippen LogP contribution < -0.4 is 0 Å². The van der Waals surface area contributed by atoms with E-state index in [2.05, 4.69) is 4.74 Å². The van der Waals surface area contributed by atoms with Crippen LogP contribution in [0.15, 0.2) is 0 Å². The minimum atomic E-state index is -1.98. The van der Waals surface area contributed by atoms with Crippen LogP contribution >= 0.6 is 0 Å². The molecule has 0 radical (unpaired) electrons. The summed E-state index contributed by atoms with van der Waals surface area (Å²) in [5.74, 6) is 0. The van der Waals surface area contributed by atoms with Crippen molar-refractivity contribution in [3.63, 3.8) is 0 Å². The minimum Gasteiger partial charge on any atom is -0.394 e. The Morgan fingerprint density at radius 3 is 2.55 bits per heavy atom. The van der Waals surface area contributed by atoms with Crippen LogP contribution in [0.1, 0.15) is 8.27 Å². The molecule has 0 bridgehead atoms. The Balaban J connectivity index is 2.76. The van der Waals surface area contributed by atoms with Crippen molar-refractivity contribution in [3.8, 4) is 0 Å². The number of ether oxygens (including phenoxy) is 1. The predicted molar refractivity (Wildman–Crippen MR) is 34.6 cm³/mol. The summed E-state index contributed by atoms with van der Waals surface area (Å²) in [5.41, 5.74) is -1.98. The average Bonchev–Trinajstić information content (AvgIpc) is 2.30. The summed E-state index contributed by atoms with van der Waals surface area (Å²) in [6, 6.07) is 0. The molecule has 1 fully saturated rings. The van der Waals surface area contributed by atoms with Gasteiger partial charge in [0.25, 0.3) is 0 Å². The minimum absolute atomic E-state index is 0.499. The first-order valence-electron chi connectivity index (χ1n) is 3.91. The van der Waals surface area contributed by atoms with Crippen molar-refractivity contribution in [2.45, 2.75) is 31.0 Å². The summed E-state index contributed by atoms with van der Waals surface area (Å²) in [6.07, 6.45) is -4.05. The standard InChI is InChI=1S/C6H12O5/c1-6(10)4(8)3(2-7)11-5(6)9/h3-5,7-10H,2H2,1H3/t3-,4-,5?,6-/m1/s1/i1D. The van der Waals surface area contributed by atoms with Crippen LogP contribution in [0.25, 0.3) is 0 Å². The van der Waals surface area contributed by atoms with Gasteiger partial charge in [-0.2, -0.15) is 0 Å². The maximum atomic E-state index is 9.41. The van der Waals surface area contributed by atoms with Crippen LogP contribution in [0.3, 0.4) is 0 Å². The molecule has 1 aliphatic heterocycles. The van der Waals surface area contributed by atoms with Crippen molar-refractivity contribution in [3.05, 3.63) is 0 Å². The van der Waals surface area contributed by atoms with Crippen LogP contribution in [0.2, 0.25) is 0 Å². The van der Waals surface area contributed by atoms with E-state index in [1.807, 2.05) is 0 Å². The zero-order chi connectivity index (χ0) is 9.35. The lowest BCUT2D eigenvalue weighted by Gasteiger charge is -2.22. The van der Waals surface area contributed by atoms with Crippen molar-refractivity contribution in [2.24, 2.45) is 0 Å². The highest BCUT2D eigenvalue weighted by Crippen LogP contribution is 2.28. The summed E-state index contributed by atoms with van der Waals surface area (Å²) in [6.45, 7) is -1.08. The molecular weight excluding hydrogens is 152 g/mol. The van der Waals surface area contributed by atoms with Gasteiger partial charge in [0.1, 0.15) is 17.8 Å². The van der Waals surface area contributed by atoms with E-state index in [4.69, 9.17) is 11.6 Å². The summed E-state index contributed by atoms with van der Waals surface area (Å²) >= 11 is 0. The second-order valence-corrected chi connectivity index (χ2v) is 2.65. The van der Waals surface area contributed by atoms with Crippen LogP contribution in [0.5, 0.6) is 0 Å². The Kier molecular flexibility index (Phi) is 1.82. The first kappa shape index (κ1) is 7.45. The van der Waals surface area contributed by atoms with E-state index in [1.54, 1.807) is 0 Å². The van der Waals surface area contributed by atoms with Gasteiger partial charge < -0.3 is 25.2 Å². The molecule has 5 nitrogen and oxygen atoms in total. The Labute approximate surface area is 65.3 Å². The van der Waals surface area contributed by atoms with Gasteiger partial charge >= 0.3 is 0 Å². The van der Waals surface area contributed by atoms with Gasteiger partial charge in [0.05, 0.1) is 6.61 Å². The smallest absolute Gasteiger partial charge is 0.186 e. The van der Waals surface area contributed by atoms with Crippen molar-refractivity contribution in [2.75, 3.05) is 6.61 Å². The van der Waals surface area contributed by atoms with Gasteiger partial charge in [-0.25, -0.2) is 0 Å². The maximum Gasteiger partial charge on any atom is 0.186 e. The number of hydrogen-bond acceptors (Lipinski definition) is 5. The monoisotopic (exact) mass is 165 g/mol. The lowest BCUT2D eigenvalue weighted by Crippen LogP contribution is -2.45. The molecule has 1 unspecified atom stereocenters.